The molecule has 4 rings (SSSR count). The maximum absolute atomic E-state index is 13.6. The Bertz CT molecular complexity index is 1350. The molecule has 0 spiro atoms. The van der Waals surface area contributed by atoms with Crippen molar-refractivity contribution in [2.75, 3.05) is 12.0 Å². The fourth-order valence-corrected chi connectivity index (χ4v) is 4.41. The standard InChI is InChI=1S/C26H20Cl2FNO4/c1-13-11-21(34-3)14(2)10-18(13)24(31)22-23(15-4-9-19(27)20(28)12-15)30(26(33)25(22)32)17-7-5-16(29)6-8-17/h4-12,23,31H,1-3H3/b24-22+. The SMILES string of the molecule is COc1cc(C)c(/C(O)=C2\C(=O)C(=O)N(c3ccc(F)cc3)C2c2ccc(Cl)c(Cl)c2)cc1C. The number of hydrogen-bond acceptors (Lipinski definition) is 4. The summed E-state index contributed by atoms with van der Waals surface area (Å²) in [5.41, 5.74) is 2.43. The van der Waals surface area contributed by atoms with Crippen LogP contribution in [0.25, 0.3) is 5.76 Å². The Hall–Kier alpha value is -3.35. The number of carbonyl (C=O) groups is 2. The van der Waals surface area contributed by atoms with Gasteiger partial charge in [-0.1, -0.05) is 29.3 Å². The van der Waals surface area contributed by atoms with E-state index in [0.29, 0.717) is 33.1 Å². The third kappa shape index (κ3) is 4.04. The van der Waals surface area contributed by atoms with Crippen LogP contribution >= 0.6 is 23.2 Å². The van der Waals surface area contributed by atoms with Crippen molar-refractivity contribution in [3.05, 3.63) is 98.3 Å². The van der Waals surface area contributed by atoms with Gasteiger partial charge in [0, 0.05) is 11.3 Å². The summed E-state index contributed by atoms with van der Waals surface area (Å²) in [5.74, 6) is -1.92. The van der Waals surface area contributed by atoms with Gasteiger partial charge in [0.1, 0.15) is 17.3 Å². The van der Waals surface area contributed by atoms with Crippen LogP contribution in [-0.2, 0) is 9.59 Å². The first kappa shape index (κ1) is 23.8. The lowest BCUT2D eigenvalue weighted by atomic mass is 9.93. The van der Waals surface area contributed by atoms with Crippen molar-refractivity contribution in [3.63, 3.8) is 0 Å². The minimum Gasteiger partial charge on any atom is -0.507 e. The van der Waals surface area contributed by atoms with Gasteiger partial charge in [0.05, 0.1) is 28.8 Å². The van der Waals surface area contributed by atoms with Gasteiger partial charge in [-0.2, -0.15) is 0 Å². The predicted molar refractivity (Wildman–Crippen MR) is 130 cm³/mol. The number of aryl methyl sites for hydroxylation is 2. The van der Waals surface area contributed by atoms with Crippen molar-refractivity contribution in [2.45, 2.75) is 19.9 Å². The van der Waals surface area contributed by atoms with Crippen LogP contribution in [0.15, 0.2) is 60.2 Å². The molecule has 8 heteroatoms. The number of nitrogens with zero attached hydrogens (tertiary/aromatic N) is 1. The molecule has 34 heavy (non-hydrogen) atoms. The number of benzene rings is 3. The third-order valence-electron chi connectivity index (χ3n) is 5.81. The molecule has 1 aliphatic rings. The Morgan fingerprint density at radius 2 is 1.65 bits per heavy atom. The van der Waals surface area contributed by atoms with Crippen LogP contribution in [0.5, 0.6) is 5.75 Å². The monoisotopic (exact) mass is 499 g/mol. The highest BCUT2D eigenvalue weighted by Gasteiger charge is 2.47. The average molecular weight is 500 g/mol. The van der Waals surface area contributed by atoms with Gasteiger partial charge in [-0.3, -0.25) is 14.5 Å². The molecule has 1 saturated heterocycles. The van der Waals surface area contributed by atoms with Crippen LogP contribution < -0.4 is 9.64 Å². The molecule has 1 fully saturated rings. The molecule has 3 aromatic carbocycles. The summed E-state index contributed by atoms with van der Waals surface area (Å²) >= 11 is 12.3. The smallest absolute Gasteiger partial charge is 0.300 e. The first-order valence-electron chi connectivity index (χ1n) is 10.3. The van der Waals surface area contributed by atoms with E-state index in [0.717, 1.165) is 5.56 Å². The lowest BCUT2D eigenvalue weighted by Gasteiger charge is -2.26. The molecule has 1 amide bonds. The third-order valence-corrected chi connectivity index (χ3v) is 6.54. The quantitative estimate of drug-likeness (QED) is 0.256. The number of methoxy groups -OCH3 is 1. The van der Waals surface area contributed by atoms with Gasteiger partial charge >= 0.3 is 0 Å². The highest BCUT2D eigenvalue weighted by Crippen LogP contribution is 2.44. The largest absolute Gasteiger partial charge is 0.507 e. The normalized spacial score (nSPS) is 17.4. The second kappa shape index (κ2) is 9.12. The van der Waals surface area contributed by atoms with E-state index in [-0.39, 0.29) is 16.4 Å². The Labute approximate surface area is 206 Å². The lowest BCUT2D eigenvalue weighted by molar-refractivity contribution is -0.132. The number of ether oxygens (including phenoxy) is 1. The maximum Gasteiger partial charge on any atom is 0.300 e. The molecular formula is C26H20Cl2FNO4. The van der Waals surface area contributed by atoms with Crippen LogP contribution in [0.4, 0.5) is 10.1 Å². The predicted octanol–water partition coefficient (Wildman–Crippen LogP) is 6.38. The summed E-state index contributed by atoms with van der Waals surface area (Å²) in [6, 6.07) is 12.3. The average Bonchev–Trinajstić information content (AvgIpc) is 3.07. The lowest BCUT2D eigenvalue weighted by Crippen LogP contribution is -2.29. The molecule has 1 unspecified atom stereocenters. The number of aliphatic hydroxyl groups excluding tert-OH is 1. The van der Waals surface area contributed by atoms with Crippen LogP contribution in [0, 0.1) is 19.7 Å². The molecule has 5 nitrogen and oxygen atoms in total. The van der Waals surface area contributed by atoms with Gasteiger partial charge in [0.15, 0.2) is 0 Å². The number of ketones is 1. The second-order valence-electron chi connectivity index (χ2n) is 7.96. The Morgan fingerprint density at radius 3 is 2.26 bits per heavy atom. The van der Waals surface area contributed by atoms with Gasteiger partial charge in [-0.15, -0.1) is 0 Å². The van der Waals surface area contributed by atoms with E-state index in [1.165, 1.54) is 35.2 Å². The molecule has 1 heterocycles. The first-order valence-corrected chi connectivity index (χ1v) is 11.1. The van der Waals surface area contributed by atoms with E-state index in [4.69, 9.17) is 27.9 Å². The van der Waals surface area contributed by atoms with Crippen molar-refractivity contribution < 1.29 is 23.8 Å². The number of hydrogen-bond donors (Lipinski definition) is 1. The number of anilines is 1. The molecule has 1 aliphatic heterocycles. The molecule has 0 saturated carbocycles. The van der Waals surface area contributed by atoms with Gasteiger partial charge in [-0.05, 0) is 79.1 Å². The zero-order valence-corrected chi connectivity index (χ0v) is 20.0. The van der Waals surface area contributed by atoms with Crippen molar-refractivity contribution >= 4 is 46.3 Å². The fourth-order valence-electron chi connectivity index (χ4n) is 4.11. The zero-order valence-electron chi connectivity index (χ0n) is 18.5. The van der Waals surface area contributed by atoms with Gasteiger partial charge < -0.3 is 9.84 Å². The topological polar surface area (TPSA) is 66.8 Å². The van der Waals surface area contributed by atoms with Crippen molar-refractivity contribution in [1.29, 1.82) is 0 Å². The van der Waals surface area contributed by atoms with Crippen LogP contribution in [0.3, 0.4) is 0 Å². The Morgan fingerprint density at radius 1 is 0.971 bits per heavy atom. The Balaban J connectivity index is 1.99. The van der Waals surface area contributed by atoms with Crippen LogP contribution in [0.1, 0.15) is 28.3 Å². The maximum atomic E-state index is 13.6. The van der Waals surface area contributed by atoms with E-state index in [1.807, 2.05) is 6.92 Å². The number of amides is 1. The second-order valence-corrected chi connectivity index (χ2v) is 8.77. The molecule has 0 aromatic heterocycles. The molecule has 1 N–H and O–H groups in total. The highest BCUT2D eigenvalue weighted by atomic mass is 35.5. The summed E-state index contributed by atoms with van der Waals surface area (Å²) in [7, 11) is 1.54. The number of carbonyl (C=O) groups excluding carboxylic acids is 2. The Kier molecular flexibility index (Phi) is 6.39. The van der Waals surface area contributed by atoms with Crippen molar-refractivity contribution in [2.24, 2.45) is 0 Å². The summed E-state index contributed by atoms with van der Waals surface area (Å²) in [4.78, 5) is 27.7. The number of Topliss-reactive ketones (excluding diaryl/α,β-unsaturated/α-hetero) is 1. The van der Waals surface area contributed by atoms with Crippen molar-refractivity contribution in [3.8, 4) is 5.75 Å². The van der Waals surface area contributed by atoms with E-state index < -0.39 is 23.5 Å². The van der Waals surface area contributed by atoms with E-state index in [1.54, 1.807) is 38.3 Å². The minimum absolute atomic E-state index is 0.111. The molecule has 174 valence electrons. The number of rotatable bonds is 4. The number of aliphatic hydroxyl groups is 1. The number of halogens is 3. The van der Waals surface area contributed by atoms with Gasteiger partial charge in [0.25, 0.3) is 11.7 Å². The van der Waals surface area contributed by atoms with Crippen molar-refractivity contribution in [1.82, 2.24) is 0 Å². The highest BCUT2D eigenvalue weighted by molar-refractivity contribution is 6.52. The van der Waals surface area contributed by atoms with Crippen LogP contribution in [-0.4, -0.2) is 23.9 Å². The van der Waals surface area contributed by atoms with E-state index in [2.05, 4.69) is 0 Å². The minimum atomic E-state index is -1.01. The summed E-state index contributed by atoms with van der Waals surface area (Å²) in [6.07, 6.45) is 0. The van der Waals surface area contributed by atoms with Crippen LogP contribution in [0.2, 0.25) is 10.0 Å². The van der Waals surface area contributed by atoms with Gasteiger partial charge in [0.2, 0.25) is 0 Å². The molecule has 3 aromatic rings. The van der Waals surface area contributed by atoms with Gasteiger partial charge in [-0.25, -0.2) is 4.39 Å². The summed E-state index contributed by atoms with van der Waals surface area (Å²) in [5, 5.41) is 11.9. The molecule has 0 radical (unpaired) electrons. The summed E-state index contributed by atoms with van der Waals surface area (Å²) in [6.45, 7) is 3.57. The molecule has 0 bridgehead atoms. The van der Waals surface area contributed by atoms with E-state index in [9.17, 15) is 19.1 Å². The summed E-state index contributed by atoms with van der Waals surface area (Å²) < 4.78 is 18.9. The fraction of sp³-hybridized carbons (Fsp3) is 0.154. The first-order chi connectivity index (χ1) is 16.1. The zero-order chi connectivity index (χ0) is 24.7. The van der Waals surface area contributed by atoms with E-state index >= 15 is 0 Å². The molecule has 1 atom stereocenters. The molecular weight excluding hydrogens is 480 g/mol. The molecule has 0 aliphatic carbocycles.